The van der Waals surface area contributed by atoms with Crippen molar-refractivity contribution >= 4 is 11.6 Å². The van der Waals surface area contributed by atoms with Crippen molar-refractivity contribution in [2.75, 3.05) is 13.7 Å². The summed E-state index contributed by atoms with van der Waals surface area (Å²) in [6, 6.07) is 2.74. The van der Waals surface area contributed by atoms with Crippen LogP contribution in [0, 0.1) is 16.0 Å². The lowest BCUT2D eigenvalue weighted by Crippen LogP contribution is -2.37. The molecule has 1 aromatic carbocycles. The average molecular weight is 364 g/mol. The molecular formula is C19H28N2O5. The topological polar surface area (TPSA) is 90.7 Å². The molecule has 7 heteroatoms. The third kappa shape index (κ3) is 4.65. The molecule has 0 spiro atoms. The molecule has 1 aliphatic rings. The summed E-state index contributed by atoms with van der Waals surface area (Å²) >= 11 is 0. The lowest BCUT2D eigenvalue weighted by Gasteiger charge is -2.21. The van der Waals surface area contributed by atoms with Gasteiger partial charge in [-0.25, -0.2) is 0 Å². The Kier molecular flexibility index (Phi) is 7.24. The fourth-order valence-corrected chi connectivity index (χ4v) is 3.59. The third-order valence-corrected chi connectivity index (χ3v) is 4.93. The first-order chi connectivity index (χ1) is 12.5. The molecule has 144 valence electrons. The molecule has 1 saturated carbocycles. The van der Waals surface area contributed by atoms with Gasteiger partial charge in [0.1, 0.15) is 5.56 Å². The molecule has 2 unspecified atom stereocenters. The standard InChI is InChI=1S/C19H28N2O5/c1-4-6-8-13-9-7-10-15(13)20-19(22)14-11-18(26-5-2)17(25-3)12-16(14)21(23)24/h11-13,15H,4-10H2,1-3H3,(H,20,22). The van der Waals surface area contributed by atoms with E-state index in [0.717, 1.165) is 38.5 Å². The number of carbonyl (C=O) groups excluding carboxylic acids is 1. The number of hydrogen-bond acceptors (Lipinski definition) is 5. The van der Waals surface area contributed by atoms with Gasteiger partial charge < -0.3 is 14.8 Å². The Morgan fingerprint density at radius 1 is 1.31 bits per heavy atom. The first-order valence-corrected chi connectivity index (χ1v) is 9.31. The smallest absolute Gasteiger partial charge is 0.286 e. The van der Waals surface area contributed by atoms with Crippen LogP contribution in [0.3, 0.4) is 0 Å². The molecule has 0 aromatic heterocycles. The van der Waals surface area contributed by atoms with Crippen LogP contribution in [0.2, 0.25) is 0 Å². The monoisotopic (exact) mass is 364 g/mol. The zero-order valence-electron chi connectivity index (χ0n) is 15.7. The van der Waals surface area contributed by atoms with E-state index in [-0.39, 0.29) is 23.0 Å². The Bertz CT molecular complexity index is 647. The molecule has 1 aromatic rings. The highest BCUT2D eigenvalue weighted by Crippen LogP contribution is 2.35. The summed E-state index contributed by atoms with van der Waals surface area (Å²) < 4.78 is 10.6. The van der Waals surface area contributed by atoms with E-state index in [2.05, 4.69) is 12.2 Å². The van der Waals surface area contributed by atoms with E-state index < -0.39 is 10.8 Å². The van der Waals surface area contributed by atoms with Gasteiger partial charge in [-0.15, -0.1) is 0 Å². The van der Waals surface area contributed by atoms with Gasteiger partial charge in [0.05, 0.1) is 24.7 Å². The number of benzene rings is 1. The number of amides is 1. The number of ether oxygens (including phenoxy) is 2. The van der Waals surface area contributed by atoms with Crippen LogP contribution in [0.4, 0.5) is 5.69 Å². The quantitative estimate of drug-likeness (QED) is 0.526. The first-order valence-electron chi connectivity index (χ1n) is 9.31. The zero-order chi connectivity index (χ0) is 19.1. The predicted molar refractivity (Wildman–Crippen MR) is 98.9 cm³/mol. The highest BCUT2D eigenvalue weighted by atomic mass is 16.6. The minimum atomic E-state index is -0.559. The maximum atomic E-state index is 12.8. The highest BCUT2D eigenvalue weighted by Gasteiger charge is 2.31. The van der Waals surface area contributed by atoms with Crippen molar-refractivity contribution in [3.63, 3.8) is 0 Å². The van der Waals surface area contributed by atoms with Gasteiger partial charge >= 0.3 is 0 Å². The Hall–Kier alpha value is -2.31. The van der Waals surface area contributed by atoms with Gasteiger partial charge in [-0.1, -0.05) is 26.2 Å². The third-order valence-electron chi connectivity index (χ3n) is 4.93. The van der Waals surface area contributed by atoms with Crippen molar-refractivity contribution in [3.8, 4) is 11.5 Å². The normalized spacial score (nSPS) is 19.2. The fourth-order valence-electron chi connectivity index (χ4n) is 3.59. The van der Waals surface area contributed by atoms with Crippen LogP contribution in [0.5, 0.6) is 11.5 Å². The van der Waals surface area contributed by atoms with E-state index in [0.29, 0.717) is 18.3 Å². The maximum Gasteiger partial charge on any atom is 0.286 e. The summed E-state index contributed by atoms with van der Waals surface area (Å²) in [6.07, 6.45) is 6.43. The predicted octanol–water partition coefficient (Wildman–Crippen LogP) is 4.09. The molecule has 26 heavy (non-hydrogen) atoms. The van der Waals surface area contributed by atoms with Crippen molar-refractivity contribution in [3.05, 3.63) is 27.8 Å². The van der Waals surface area contributed by atoms with Crippen LogP contribution in [0.15, 0.2) is 12.1 Å². The Morgan fingerprint density at radius 3 is 2.69 bits per heavy atom. The van der Waals surface area contributed by atoms with Crippen LogP contribution >= 0.6 is 0 Å². The van der Waals surface area contributed by atoms with E-state index in [1.807, 2.05) is 0 Å². The first kappa shape index (κ1) is 20.0. The molecule has 1 amide bonds. The second-order valence-electron chi connectivity index (χ2n) is 6.62. The Labute approximate surface area is 154 Å². The molecule has 7 nitrogen and oxygen atoms in total. The van der Waals surface area contributed by atoms with Crippen LogP contribution in [0.25, 0.3) is 0 Å². The molecule has 0 radical (unpaired) electrons. The zero-order valence-corrected chi connectivity index (χ0v) is 15.7. The molecule has 0 aliphatic heterocycles. The molecule has 1 aliphatic carbocycles. The largest absolute Gasteiger partial charge is 0.493 e. The van der Waals surface area contributed by atoms with E-state index >= 15 is 0 Å². The Morgan fingerprint density at radius 2 is 2.08 bits per heavy atom. The molecule has 0 heterocycles. The lowest BCUT2D eigenvalue weighted by atomic mass is 9.96. The van der Waals surface area contributed by atoms with Crippen molar-refractivity contribution in [1.82, 2.24) is 5.32 Å². The van der Waals surface area contributed by atoms with Crippen LogP contribution in [0.1, 0.15) is 62.7 Å². The number of nitro benzene ring substituents is 1. The van der Waals surface area contributed by atoms with Crippen molar-refractivity contribution in [2.24, 2.45) is 5.92 Å². The summed E-state index contributed by atoms with van der Waals surface area (Å²) in [5.74, 6) is 0.604. The second-order valence-corrected chi connectivity index (χ2v) is 6.62. The second kappa shape index (κ2) is 9.40. The molecule has 2 rings (SSSR count). The van der Waals surface area contributed by atoms with Gasteiger partial charge in [0.2, 0.25) is 0 Å². The van der Waals surface area contributed by atoms with Crippen molar-refractivity contribution in [2.45, 2.75) is 58.4 Å². The average Bonchev–Trinajstić information content (AvgIpc) is 3.06. The summed E-state index contributed by atoms with van der Waals surface area (Å²) in [7, 11) is 1.41. The van der Waals surface area contributed by atoms with Crippen molar-refractivity contribution in [1.29, 1.82) is 0 Å². The fraction of sp³-hybridized carbons (Fsp3) is 0.632. The summed E-state index contributed by atoms with van der Waals surface area (Å²) in [4.78, 5) is 23.7. The molecule has 0 saturated heterocycles. The molecule has 1 N–H and O–H groups in total. The number of nitrogens with zero attached hydrogens (tertiary/aromatic N) is 1. The molecule has 0 bridgehead atoms. The van der Waals surface area contributed by atoms with Gasteiger partial charge in [0, 0.05) is 12.1 Å². The van der Waals surface area contributed by atoms with E-state index in [4.69, 9.17) is 9.47 Å². The summed E-state index contributed by atoms with van der Waals surface area (Å²) in [6.45, 7) is 4.33. The number of unbranched alkanes of at least 4 members (excludes halogenated alkanes) is 1. The van der Waals surface area contributed by atoms with Crippen molar-refractivity contribution < 1.29 is 19.2 Å². The number of carbonyl (C=O) groups is 1. The van der Waals surface area contributed by atoms with Gasteiger partial charge in [0.25, 0.3) is 11.6 Å². The minimum Gasteiger partial charge on any atom is -0.493 e. The van der Waals surface area contributed by atoms with Gasteiger partial charge in [-0.05, 0) is 32.1 Å². The Balaban J connectivity index is 2.26. The van der Waals surface area contributed by atoms with Crippen LogP contribution < -0.4 is 14.8 Å². The summed E-state index contributed by atoms with van der Waals surface area (Å²) in [5, 5.41) is 14.5. The SMILES string of the molecule is CCCCC1CCCC1NC(=O)c1cc(OCC)c(OC)cc1[N+](=O)[O-]. The van der Waals surface area contributed by atoms with E-state index in [1.165, 1.54) is 19.2 Å². The number of methoxy groups -OCH3 is 1. The minimum absolute atomic E-state index is 0.0143. The van der Waals surface area contributed by atoms with Gasteiger partial charge in [0.15, 0.2) is 11.5 Å². The van der Waals surface area contributed by atoms with Crippen LogP contribution in [-0.4, -0.2) is 30.6 Å². The maximum absolute atomic E-state index is 12.8. The van der Waals surface area contributed by atoms with E-state index in [9.17, 15) is 14.9 Å². The lowest BCUT2D eigenvalue weighted by molar-refractivity contribution is -0.385. The van der Waals surface area contributed by atoms with Gasteiger partial charge in [-0.2, -0.15) is 0 Å². The number of rotatable bonds is 9. The van der Waals surface area contributed by atoms with E-state index in [1.54, 1.807) is 6.92 Å². The summed E-state index contributed by atoms with van der Waals surface area (Å²) in [5.41, 5.74) is -0.258. The molecular weight excluding hydrogens is 336 g/mol. The number of nitro groups is 1. The van der Waals surface area contributed by atoms with Crippen LogP contribution in [-0.2, 0) is 0 Å². The molecule has 2 atom stereocenters. The van der Waals surface area contributed by atoms with Gasteiger partial charge in [-0.3, -0.25) is 14.9 Å². The number of nitrogens with one attached hydrogen (secondary N) is 1. The highest BCUT2D eigenvalue weighted by molar-refractivity contribution is 5.99. The number of hydrogen-bond donors (Lipinski definition) is 1. The molecule has 1 fully saturated rings.